The highest BCUT2D eigenvalue weighted by molar-refractivity contribution is 5.86. The third-order valence-corrected chi connectivity index (χ3v) is 3.45. The second kappa shape index (κ2) is 7.08. The molecule has 1 aliphatic rings. The Morgan fingerprint density at radius 2 is 2.24 bits per heavy atom. The number of hydrogen-bond acceptors (Lipinski definition) is 4. The number of carboxylic acid groups (broad SMARTS) is 1. The number of carbonyl (C=O) groups excluding carboxylic acids is 1. The summed E-state index contributed by atoms with van der Waals surface area (Å²) in [5, 5.41) is 11.8. The second-order valence-electron chi connectivity index (χ2n) is 4.92. The van der Waals surface area contributed by atoms with Gasteiger partial charge in [-0.1, -0.05) is 18.2 Å². The van der Waals surface area contributed by atoms with Crippen molar-refractivity contribution in [2.24, 2.45) is 0 Å². The van der Waals surface area contributed by atoms with Gasteiger partial charge in [-0.15, -0.1) is 0 Å². The summed E-state index contributed by atoms with van der Waals surface area (Å²) in [4.78, 5) is 23.3. The van der Waals surface area contributed by atoms with E-state index in [9.17, 15) is 14.7 Å². The SMILES string of the molecule is COc1ccccc1C[C@@H](NC(=O)[C@@H]1CCCO1)C(=O)O. The van der Waals surface area contributed by atoms with Crippen LogP contribution in [-0.4, -0.2) is 42.8 Å². The first-order chi connectivity index (χ1) is 10.1. The predicted molar refractivity (Wildman–Crippen MR) is 75.2 cm³/mol. The van der Waals surface area contributed by atoms with E-state index in [2.05, 4.69) is 5.32 Å². The maximum absolute atomic E-state index is 12.0. The molecule has 2 N–H and O–H groups in total. The van der Waals surface area contributed by atoms with Crippen molar-refractivity contribution in [3.05, 3.63) is 29.8 Å². The van der Waals surface area contributed by atoms with Crippen molar-refractivity contribution in [1.29, 1.82) is 0 Å². The smallest absolute Gasteiger partial charge is 0.326 e. The van der Waals surface area contributed by atoms with E-state index in [4.69, 9.17) is 9.47 Å². The average molecular weight is 293 g/mol. The minimum atomic E-state index is -1.08. The number of carbonyl (C=O) groups is 2. The van der Waals surface area contributed by atoms with Crippen LogP contribution in [-0.2, 0) is 20.7 Å². The summed E-state index contributed by atoms with van der Waals surface area (Å²) < 4.78 is 10.5. The lowest BCUT2D eigenvalue weighted by molar-refractivity contribution is -0.143. The molecule has 1 amide bonds. The molecule has 21 heavy (non-hydrogen) atoms. The lowest BCUT2D eigenvalue weighted by Crippen LogP contribution is -2.46. The van der Waals surface area contributed by atoms with Crippen molar-refractivity contribution in [2.45, 2.75) is 31.4 Å². The zero-order chi connectivity index (χ0) is 15.2. The van der Waals surface area contributed by atoms with Crippen molar-refractivity contribution in [2.75, 3.05) is 13.7 Å². The Morgan fingerprint density at radius 3 is 2.86 bits per heavy atom. The highest BCUT2D eigenvalue weighted by Crippen LogP contribution is 2.19. The van der Waals surface area contributed by atoms with Gasteiger partial charge in [0.1, 0.15) is 17.9 Å². The first-order valence-electron chi connectivity index (χ1n) is 6.88. The van der Waals surface area contributed by atoms with Crippen LogP contribution in [0.4, 0.5) is 0 Å². The van der Waals surface area contributed by atoms with E-state index in [-0.39, 0.29) is 12.3 Å². The maximum Gasteiger partial charge on any atom is 0.326 e. The van der Waals surface area contributed by atoms with Gasteiger partial charge in [0.25, 0.3) is 0 Å². The largest absolute Gasteiger partial charge is 0.496 e. The number of para-hydroxylation sites is 1. The molecule has 6 heteroatoms. The van der Waals surface area contributed by atoms with Gasteiger partial charge in [0, 0.05) is 13.0 Å². The highest BCUT2D eigenvalue weighted by atomic mass is 16.5. The number of hydrogen-bond donors (Lipinski definition) is 2. The minimum Gasteiger partial charge on any atom is -0.496 e. The minimum absolute atomic E-state index is 0.164. The molecule has 2 atom stereocenters. The standard InChI is InChI=1S/C15H19NO5/c1-20-12-6-3-2-5-10(12)9-11(15(18)19)16-14(17)13-7-4-8-21-13/h2-3,5-6,11,13H,4,7-9H2,1H3,(H,16,17)(H,18,19)/t11-,13+/m1/s1. The van der Waals surface area contributed by atoms with Crippen molar-refractivity contribution in [1.82, 2.24) is 5.32 Å². The summed E-state index contributed by atoms with van der Waals surface area (Å²) >= 11 is 0. The Morgan fingerprint density at radius 1 is 1.48 bits per heavy atom. The number of rotatable bonds is 6. The normalized spacial score (nSPS) is 19.0. The lowest BCUT2D eigenvalue weighted by Gasteiger charge is -2.18. The summed E-state index contributed by atoms with van der Waals surface area (Å²) in [5.41, 5.74) is 0.736. The number of methoxy groups -OCH3 is 1. The van der Waals surface area contributed by atoms with Crippen LogP contribution in [0.15, 0.2) is 24.3 Å². The maximum atomic E-state index is 12.0. The molecule has 1 saturated heterocycles. The molecular formula is C15H19NO5. The van der Waals surface area contributed by atoms with Crippen molar-refractivity contribution in [3.63, 3.8) is 0 Å². The molecule has 1 aliphatic heterocycles. The van der Waals surface area contributed by atoms with Crippen molar-refractivity contribution in [3.8, 4) is 5.75 Å². The zero-order valence-corrected chi connectivity index (χ0v) is 11.9. The summed E-state index contributed by atoms with van der Waals surface area (Å²) in [7, 11) is 1.53. The van der Waals surface area contributed by atoms with E-state index in [1.165, 1.54) is 7.11 Å². The fourth-order valence-corrected chi connectivity index (χ4v) is 2.34. The first kappa shape index (κ1) is 15.3. The Kier molecular flexibility index (Phi) is 5.16. The molecule has 0 spiro atoms. The average Bonchev–Trinajstić information content (AvgIpc) is 3.01. The van der Waals surface area contributed by atoms with E-state index in [0.29, 0.717) is 18.8 Å². The second-order valence-corrected chi connectivity index (χ2v) is 4.92. The molecule has 0 unspecified atom stereocenters. The van der Waals surface area contributed by atoms with Crippen LogP contribution in [0.1, 0.15) is 18.4 Å². The Balaban J connectivity index is 2.05. The molecule has 0 bridgehead atoms. The molecule has 0 saturated carbocycles. The molecule has 0 aromatic heterocycles. The molecule has 1 fully saturated rings. The fraction of sp³-hybridized carbons (Fsp3) is 0.467. The molecule has 0 radical (unpaired) electrons. The molecular weight excluding hydrogens is 274 g/mol. The molecule has 114 valence electrons. The van der Waals surface area contributed by atoms with Crippen molar-refractivity contribution >= 4 is 11.9 Å². The summed E-state index contributed by atoms with van der Waals surface area (Å²) in [6, 6.07) is 6.16. The van der Waals surface area contributed by atoms with Gasteiger partial charge < -0.3 is 19.9 Å². The first-order valence-corrected chi connectivity index (χ1v) is 6.88. The van der Waals surface area contributed by atoms with Crippen LogP contribution in [0.25, 0.3) is 0 Å². The topological polar surface area (TPSA) is 84.9 Å². The monoisotopic (exact) mass is 293 g/mol. The Bertz CT molecular complexity index is 511. The van der Waals surface area contributed by atoms with Crippen LogP contribution in [0, 0.1) is 0 Å². The molecule has 6 nitrogen and oxygen atoms in total. The third-order valence-electron chi connectivity index (χ3n) is 3.45. The number of amides is 1. The van der Waals surface area contributed by atoms with Crippen molar-refractivity contribution < 1.29 is 24.2 Å². The highest BCUT2D eigenvalue weighted by Gasteiger charge is 2.28. The van der Waals surface area contributed by atoms with Crippen LogP contribution < -0.4 is 10.1 Å². The fourth-order valence-electron chi connectivity index (χ4n) is 2.34. The lowest BCUT2D eigenvalue weighted by atomic mass is 10.0. The number of ether oxygens (including phenoxy) is 2. The quantitative estimate of drug-likeness (QED) is 0.817. The van der Waals surface area contributed by atoms with Crippen LogP contribution in [0.2, 0.25) is 0 Å². The van der Waals surface area contributed by atoms with Gasteiger partial charge in [0.05, 0.1) is 7.11 Å². The molecule has 1 heterocycles. The van der Waals surface area contributed by atoms with Gasteiger partial charge >= 0.3 is 5.97 Å². The Labute approximate surface area is 123 Å². The van der Waals surface area contributed by atoms with Crippen LogP contribution in [0.5, 0.6) is 5.75 Å². The van der Waals surface area contributed by atoms with E-state index in [1.54, 1.807) is 18.2 Å². The zero-order valence-electron chi connectivity index (χ0n) is 11.9. The Hall–Kier alpha value is -2.08. The summed E-state index contributed by atoms with van der Waals surface area (Å²) in [5.74, 6) is -0.836. The predicted octanol–water partition coefficient (Wildman–Crippen LogP) is 0.986. The number of benzene rings is 1. The number of carboxylic acids is 1. The third kappa shape index (κ3) is 3.95. The van der Waals surface area contributed by atoms with Gasteiger partial charge in [-0.05, 0) is 24.5 Å². The van der Waals surface area contributed by atoms with Gasteiger partial charge in [-0.2, -0.15) is 0 Å². The summed E-state index contributed by atoms with van der Waals surface area (Å²) in [6.45, 7) is 0.544. The molecule has 2 rings (SSSR count). The van der Waals surface area contributed by atoms with Gasteiger partial charge in [0.2, 0.25) is 5.91 Å². The van der Waals surface area contributed by atoms with E-state index in [1.807, 2.05) is 6.07 Å². The summed E-state index contributed by atoms with van der Waals surface area (Å²) in [6.07, 6.45) is 1.08. The number of nitrogens with one attached hydrogen (secondary N) is 1. The van der Waals surface area contributed by atoms with E-state index in [0.717, 1.165) is 12.0 Å². The van der Waals surface area contributed by atoms with Gasteiger partial charge in [-0.25, -0.2) is 4.79 Å². The molecule has 1 aromatic rings. The van der Waals surface area contributed by atoms with Crippen LogP contribution in [0.3, 0.4) is 0 Å². The molecule has 1 aromatic carbocycles. The van der Waals surface area contributed by atoms with Gasteiger partial charge in [-0.3, -0.25) is 4.79 Å². The van der Waals surface area contributed by atoms with Gasteiger partial charge in [0.15, 0.2) is 0 Å². The number of aliphatic carboxylic acids is 1. The van der Waals surface area contributed by atoms with E-state index < -0.39 is 18.1 Å². The molecule has 0 aliphatic carbocycles. The van der Waals surface area contributed by atoms with E-state index >= 15 is 0 Å². The van der Waals surface area contributed by atoms with Crippen LogP contribution >= 0.6 is 0 Å².